The number of carbonyl (C=O) groups is 2. The maximum atomic E-state index is 12.8. The Morgan fingerprint density at radius 1 is 1.00 bits per heavy atom. The van der Waals surface area contributed by atoms with Gasteiger partial charge in [0.15, 0.2) is 0 Å². The van der Waals surface area contributed by atoms with Crippen LogP contribution in [0.4, 0.5) is 5.69 Å². The summed E-state index contributed by atoms with van der Waals surface area (Å²) in [5, 5.41) is 5.77. The van der Waals surface area contributed by atoms with Crippen molar-refractivity contribution in [3.63, 3.8) is 0 Å². The summed E-state index contributed by atoms with van der Waals surface area (Å²) in [6.07, 6.45) is 1.76. The number of amides is 2. The van der Waals surface area contributed by atoms with Gasteiger partial charge in [0.1, 0.15) is 0 Å². The number of anilines is 1. The van der Waals surface area contributed by atoms with Crippen molar-refractivity contribution in [2.75, 3.05) is 25.6 Å². The highest BCUT2D eigenvalue weighted by molar-refractivity contribution is 6.05. The lowest BCUT2D eigenvalue weighted by Gasteiger charge is -2.16. The molecule has 5 nitrogen and oxygen atoms in total. The Balaban J connectivity index is 2.03. The molecule has 1 unspecified atom stereocenters. The molecule has 156 valence electrons. The van der Waals surface area contributed by atoms with Gasteiger partial charge in [0, 0.05) is 20.3 Å². The van der Waals surface area contributed by atoms with E-state index in [-0.39, 0.29) is 17.7 Å². The molecule has 2 aromatic rings. The average Bonchev–Trinajstić information content (AvgIpc) is 2.71. The lowest BCUT2D eigenvalue weighted by atomic mass is 9.96. The molecule has 5 heteroatoms. The molecule has 29 heavy (non-hydrogen) atoms. The molecule has 0 aromatic heterocycles. The Morgan fingerprint density at radius 3 is 2.34 bits per heavy atom. The zero-order valence-corrected chi connectivity index (χ0v) is 17.8. The van der Waals surface area contributed by atoms with Gasteiger partial charge >= 0.3 is 0 Å². The van der Waals surface area contributed by atoms with E-state index in [1.165, 1.54) is 5.56 Å². The van der Waals surface area contributed by atoms with Crippen molar-refractivity contribution < 1.29 is 14.3 Å². The monoisotopic (exact) mass is 396 g/mol. The van der Waals surface area contributed by atoms with Gasteiger partial charge in [0.2, 0.25) is 5.91 Å². The topological polar surface area (TPSA) is 67.4 Å². The van der Waals surface area contributed by atoms with Crippen LogP contribution in [0.15, 0.2) is 48.5 Å². The van der Waals surface area contributed by atoms with E-state index in [4.69, 9.17) is 4.74 Å². The first kappa shape index (κ1) is 22.6. The van der Waals surface area contributed by atoms with Crippen LogP contribution >= 0.6 is 0 Å². The van der Waals surface area contributed by atoms with Crippen LogP contribution in [0.2, 0.25) is 0 Å². The minimum Gasteiger partial charge on any atom is -0.385 e. The van der Waals surface area contributed by atoms with Crippen LogP contribution in [0.25, 0.3) is 0 Å². The van der Waals surface area contributed by atoms with Crippen molar-refractivity contribution in [1.82, 2.24) is 5.32 Å². The fraction of sp³-hybridized carbons (Fsp3) is 0.417. The van der Waals surface area contributed by atoms with E-state index in [0.29, 0.717) is 30.3 Å². The van der Waals surface area contributed by atoms with E-state index in [2.05, 4.69) is 36.6 Å². The van der Waals surface area contributed by atoms with Crippen LogP contribution in [-0.2, 0) is 16.0 Å². The Labute approximate surface area is 173 Å². The van der Waals surface area contributed by atoms with Crippen LogP contribution in [-0.4, -0.2) is 32.1 Å². The quantitative estimate of drug-likeness (QED) is 0.585. The lowest BCUT2D eigenvalue weighted by molar-refractivity contribution is -0.117. The first-order valence-electron chi connectivity index (χ1n) is 10.2. The van der Waals surface area contributed by atoms with E-state index in [9.17, 15) is 9.59 Å². The van der Waals surface area contributed by atoms with Gasteiger partial charge in [0.25, 0.3) is 5.91 Å². The summed E-state index contributed by atoms with van der Waals surface area (Å²) in [6.45, 7) is 7.37. The summed E-state index contributed by atoms with van der Waals surface area (Å²) in [4.78, 5) is 25.3. The molecule has 0 fully saturated rings. The predicted octanol–water partition coefficient (Wildman–Crippen LogP) is 4.39. The van der Waals surface area contributed by atoms with E-state index in [0.717, 1.165) is 18.4 Å². The van der Waals surface area contributed by atoms with Crippen molar-refractivity contribution in [1.29, 1.82) is 0 Å². The summed E-state index contributed by atoms with van der Waals surface area (Å²) < 4.78 is 4.99. The minimum atomic E-state index is -0.319. The normalized spacial score (nSPS) is 11.9. The number of methoxy groups -OCH3 is 1. The van der Waals surface area contributed by atoms with Crippen molar-refractivity contribution in [2.24, 2.45) is 5.92 Å². The van der Waals surface area contributed by atoms with E-state index in [1.54, 1.807) is 25.3 Å². The third-order valence-corrected chi connectivity index (χ3v) is 4.76. The van der Waals surface area contributed by atoms with Gasteiger partial charge in [0.05, 0.1) is 17.2 Å². The number of para-hydroxylation sites is 1. The molecule has 0 aliphatic rings. The summed E-state index contributed by atoms with van der Waals surface area (Å²) in [7, 11) is 1.63. The summed E-state index contributed by atoms with van der Waals surface area (Å²) >= 11 is 0. The first-order valence-corrected chi connectivity index (χ1v) is 10.2. The van der Waals surface area contributed by atoms with Gasteiger partial charge in [-0.15, -0.1) is 0 Å². The fourth-order valence-corrected chi connectivity index (χ4v) is 3.11. The molecule has 2 rings (SSSR count). The van der Waals surface area contributed by atoms with Crippen LogP contribution in [0, 0.1) is 5.92 Å². The average molecular weight is 397 g/mol. The van der Waals surface area contributed by atoms with E-state index < -0.39 is 0 Å². The molecule has 0 bridgehead atoms. The van der Waals surface area contributed by atoms with Gasteiger partial charge in [-0.25, -0.2) is 0 Å². The highest BCUT2D eigenvalue weighted by Crippen LogP contribution is 2.21. The maximum absolute atomic E-state index is 12.8. The summed E-state index contributed by atoms with van der Waals surface area (Å²) in [5.74, 6) is -0.0661. The number of carbonyl (C=O) groups excluding carboxylic acids is 2. The van der Waals surface area contributed by atoms with Crippen LogP contribution in [0.3, 0.4) is 0 Å². The number of nitrogens with one attached hydrogen (secondary N) is 2. The number of ether oxygens (including phenoxy) is 1. The van der Waals surface area contributed by atoms with Crippen molar-refractivity contribution in [2.45, 2.75) is 39.5 Å². The van der Waals surface area contributed by atoms with Crippen LogP contribution in [0.5, 0.6) is 0 Å². The van der Waals surface area contributed by atoms with Gasteiger partial charge in [-0.05, 0) is 48.9 Å². The fourth-order valence-electron chi connectivity index (χ4n) is 3.11. The Hall–Kier alpha value is -2.66. The molecular formula is C24H32N2O3. The van der Waals surface area contributed by atoms with E-state index in [1.807, 2.05) is 25.1 Å². The molecule has 0 aliphatic heterocycles. The zero-order chi connectivity index (χ0) is 21.2. The lowest BCUT2D eigenvalue weighted by Crippen LogP contribution is -2.27. The van der Waals surface area contributed by atoms with Crippen molar-refractivity contribution in [3.8, 4) is 0 Å². The van der Waals surface area contributed by atoms with Crippen LogP contribution < -0.4 is 10.6 Å². The molecule has 2 aromatic carbocycles. The third kappa shape index (κ3) is 7.02. The Morgan fingerprint density at radius 2 is 1.69 bits per heavy atom. The molecule has 0 spiro atoms. The third-order valence-electron chi connectivity index (χ3n) is 4.76. The second kappa shape index (κ2) is 11.4. The minimum absolute atomic E-state index is 0.138. The van der Waals surface area contributed by atoms with Crippen molar-refractivity contribution >= 4 is 17.5 Å². The number of hydrogen-bond donors (Lipinski definition) is 2. The molecule has 0 aliphatic carbocycles. The molecule has 0 heterocycles. The van der Waals surface area contributed by atoms with Gasteiger partial charge in [-0.2, -0.15) is 0 Å². The molecule has 0 radical (unpaired) electrons. The molecular weight excluding hydrogens is 364 g/mol. The molecule has 2 amide bonds. The second-order valence-corrected chi connectivity index (χ2v) is 7.70. The predicted molar refractivity (Wildman–Crippen MR) is 117 cm³/mol. The van der Waals surface area contributed by atoms with Crippen molar-refractivity contribution in [3.05, 3.63) is 65.2 Å². The molecule has 0 saturated heterocycles. The highest BCUT2D eigenvalue weighted by Gasteiger charge is 2.18. The standard InChI is InChI=1S/C24H32N2O3/c1-17(2)16-19-10-12-20(13-11-19)18(3)23(27)26-22-9-6-5-8-21(22)24(28)25-14-7-15-29-4/h5-6,8-13,17-18H,7,14-16H2,1-4H3,(H,25,28)(H,26,27). The van der Waals surface area contributed by atoms with Gasteiger partial charge in [-0.3, -0.25) is 9.59 Å². The second-order valence-electron chi connectivity index (χ2n) is 7.70. The highest BCUT2D eigenvalue weighted by atomic mass is 16.5. The largest absolute Gasteiger partial charge is 0.385 e. The molecule has 2 N–H and O–H groups in total. The zero-order valence-electron chi connectivity index (χ0n) is 17.8. The van der Waals surface area contributed by atoms with Crippen LogP contribution in [0.1, 0.15) is 54.6 Å². The number of rotatable bonds is 10. The Kier molecular flexibility index (Phi) is 8.87. The maximum Gasteiger partial charge on any atom is 0.253 e. The SMILES string of the molecule is COCCCNC(=O)c1ccccc1NC(=O)C(C)c1ccc(CC(C)C)cc1. The number of hydrogen-bond acceptors (Lipinski definition) is 3. The van der Waals surface area contributed by atoms with Gasteiger partial charge in [-0.1, -0.05) is 50.2 Å². The molecule has 1 atom stereocenters. The summed E-state index contributed by atoms with van der Waals surface area (Å²) in [6, 6.07) is 15.3. The molecule has 0 saturated carbocycles. The van der Waals surface area contributed by atoms with Gasteiger partial charge < -0.3 is 15.4 Å². The Bertz CT molecular complexity index is 800. The van der Waals surface area contributed by atoms with E-state index >= 15 is 0 Å². The summed E-state index contributed by atoms with van der Waals surface area (Å²) in [5.41, 5.74) is 3.20. The number of benzene rings is 2. The first-order chi connectivity index (χ1) is 13.9. The smallest absolute Gasteiger partial charge is 0.253 e.